The van der Waals surface area contributed by atoms with E-state index in [2.05, 4.69) is 12.2 Å². The third-order valence-electron chi connectivity index (χ3n) is 3.08. The summed E-state index contributed by atoms with van der Waals surface area (Å²) < 4.78 is 4.79. The van der Waals surface area contributed by atoms with Crippen LogP contribution in [0.2, 0.25) is 0 Å². The zero-order chi connectivity index (χ0) is 11.8. The van der Waals surface area contributed by atoms with E-state index in [1.807, 2.05) is 13.0 Å². The van der Waals surface area contributed by atoms with Gasteiger partial charge in [-0.25, -0.2) is 4.79 Å². The molecule has 0 spiro atoms. The molecule has 0 aliphatic heterocycles. The number of carbonyl (C=O) groups excluding carboxylic acids is 1. The Morgan fingerprint density at radius 3 is 2.69 bits per heavy atom. The van der Waals surface area contributed by atoms with Crippen LogP contribution >= 0.6 is 0 Å². The zero-order valence-corrected chi connectivity index (χ0v) is 10.4. The first-order valence-corrected chi connectivity index (χ1v) is 6.29. The van der Waals surface area contributed by atoms with Gasteiger partial charge >= 0.3 is 5.97 Å². The average molecular weight is 225 g/mol. The molecule has 0 atom stereocenters. The van der Waals surface area contributed by atoms with Crippen molar-refractivity contribution in [3.8, 4) is 0 Å². The Labute approximate surface area is 98.2 Å². The molecule has 1 saturated carbocycles. The second kappa shape index (κ2) is 7.44. The molecule has 0 aromatic carbocycles. The van der Waals surface area contributed by atoms with Gasteiger partial charge in [-0.15, -0.1) is 0 Å². The Bertz CT molecular complexity index is 230. The maximum Gasteiger partial charge on any atom is 0.330 e. The lowest BCUT2D eigenvalue weighted by molar-refractivity contribution is -0.137. The summed E-state index contributed by atoms with van der Waals surface area (Å²) in [5, 5.41) is 3.45. The second-order valence-electron chi connectivity index (χ2n) is 4.52. The zero-order valence-electron chi connectivity index (χ0n) is 10.4. The van der Waals surface area contributed by atoms with E-state index in [0.29, 0.717) is 12.6 Å². The van der Waals surface area contributed by atoms with E-state index in [1.54, 1.807) is 0 Å². The van der Waals surface area contributed by atoms with Crippen LogP contribution in [-0.2, 0) is 9.53 Å². The lowest BCUT2D eigenvalue weighted by Crippen LogP contribution is -2.32. The molecular weight excluding hydrogens is 202 g/mol. The highest BCUT2D eigenvalue weighted by Gasteiger charge is 2.16. The first-order valence-electron chi connectivity index (χ1n) is 6.29. The van der Waals surface area contributed by atoms with Gasteiger partial charge in [0, 0.05) is 18.7 Å². The Hall–Kier alpha value is -0.830. The summed E-state index contributed by atoms with van der Waals surface area (Å²) >= 11 is 0. The van der Waals surface area contributed by atoms with Crippen LogP contribution in [-0.4, -0.2) is 25.2 Å². The number of carbonyl (C=O) groups is 1. The second-order valence-corrected chi connectivity index (χ2v) is 4.52. The third kappa shape index (κ3) is 5.31. The summed E-state index contributed by atoms with van der Waals surface area (Å²) in [6.45, 7) is 5.33. The summed E-state index contributed by atoms with van der Waals surface area (Å²) in [7, 11) is 0. The van der Waals surface area contributed by atoms with Gasteiger partial charge in [-0.05, 0) is 38.5 Å². The first kappa shape index (κ1) is 13.2. The standard InChI is InChI=1S/C13H23NO2/c1-3-16-13(15)5-4-10-14-12-8-6-11(2)7-9-12/h4-5,11-12,14H,3,6-10H2,1-2H3/b5-4+. The SMILES string of the molecule is CCOC(=O)/C=C/CNC1CCC(C)CC1. The molecular formula is C13H23NO2. The van der Waals surface area contributed by atoms with Crippen LogP contribution in [0.4, 0.5) is 0 Å². The van der Waals surface area contributed by atoms with E-state index in [9.17, 15) is 4.79 Å². The minimum atomic E-state index is -0.249. The summed E-state index contributed by atoms with van der Waals surface area (Å²) in [6, 6.07) is 0.628. The molecule has 0 saturated heterocycles. The third-order valence-corrected chi connectivity index (χ3v) is 3.08. The number of nitrogens with one attached hydrogen (secondary N) is 1. The van der Waals surface area contributed by atoms with Crippen molar-refractivity contribution in [3.63, 3.8) is 0 Å². The highest BCUT2D eigenvalue weighted by molar-refractivity contribution is 5.81. The normalized spacial score (nSPS) is 25.9. The Morgan fingerprint density at radius 2 is 2.06 bits per heavy atom. The number of hydrogen-bond donors (Lipinski definition) is 1. The Kier molecular flexibility index (Phi) is 6.16. The van der Waals surface area contributed by atoms with Gasteiger partial charge in [0.15, 0.2) is 0 Å². The molecule has 1 aliphatic carbocycles. The molecule has 1 fully saturated rings. The first-order chi connectivity index (χ1) is 7.72. The molecule has 16 heavy (non-hydrogen) atoms. The fraction of sp³-hybridized carbons (Fsp3) is 0.769. The van der Waals surface area contributed by atoms with Crippen molar-refractivity contribution in [2.24, 2.45) is 5.92 Å². The van der Waals surface area contributed by atoms with Gasteiger partial charge in [0.1, 0.15) is 0 Å². The van der Waals surface area contributed by atoms with Crippen molar-refractivity contribution >= 4 is 5.97 Å². The molecule has 92 valence electrons. The molecule has 3 nitrogen and oxygen atoms in total. The molecule has 0 bridgehead atoms. The predicted molar refractivity (Wildman–Crippen MR) is 65.2 cm³/mol. The fourth-order valence-corrected chi connectivity index (χ4v) is 2.04. The van der Waals surface area contributed by atoms with Crippen LogP contribution in [0.1, 0.15) is 39.5 Å². The van der Waals surface area contributed by atoms with E-state index in [-0.39, 0.29) is 5.97 Å². The summed E-state index contributed by atoms with van der Waals surface area (Å²) in [5.74, 6) is 0.634. The quantitative estimate of drug-likeness (QED) is 0.576. The van der Waals surface area contributed by atoms with Crippen molar-refractivity contribution in [3.05, 3.63) is 12.2 Å². The molecule has 1 N–H and O–H groups in total. The molecule has 1 rings (SSSR count). The molecule has 3 heteroatoms. The van der Waals surface area contributed by atoms with Crippen LogP contribution in [0.5, 0.6) is 0 Å². The van der Waals surface area contributed by atoms with Crippen molar-refractivity contribution in [1.82, 2.24) is 5.32 Å². The highest BCUT2D eigenvalue weighted by atomic mass is 16.5. The van der Waals surface area contributed by atoms with E-state index in [0.717, 1.165) is 12.5 Å². The van der Waals surface area contributed by atoms with Crippen LogP contribution < -0.4 is 5.32 Å². The van der Waals surface area contributed by atoms with Crippen molar-refractivity contribution in [2.45, 2.75) is 45.6 Å². The van der Waals surface area contributed by atoms with Crippen molar-refractivity contribution in [1.29, 1.82) is 0 Å². The van der Waals surface area contributed by atoms with E-state index in [1.165, 1.54) is 31.8 Å². The van der Waals surface area contributed by atoms with Crippen LogP contribution in [0.3, 0.4) is 0 Å². The van der Waals surface area contributed by atoms with Gasteiger partial charge in [0.05, 0.1) is 6.61 Å². The van der Waals surface area contributed by atoms with Crippen molar-refractivity contribution in [2.75, 3.05) is 13.2 Å². The van der Waals surface area contributed by atoms with Crippen LogP contribution in [0.25, 0.3) is 0 Å². The molecule has 0 aromatic heterocycles. The average Bonchev–Trinajstić information content (AvgIpc) is 2.27. The van der Waals surface area contributed by atoms with Gasteiger partial charge < -0.3 is 10.1 Å². The predicted octanol–water partition coefficient (Wildman–Crippen LogP) is 2.27. The Morgan fingerprint density at radius 1 is 1.38 bits per heavy atom. The number of esters is 1. The molecule has 0 unspecified atom stereocenters. The maximum atomic E-state index is 11.0. The molecule has 1 aliphatic rings. The van der Waals surface area contributed by atoms with Gasteiger partial charge in [-0.2, -0.15) is 0 Å². The van der Waals surface area contributed by atoms with E-state index < -0.39 is 0 Å². The van der Waals surface area contributed by atoms with Crippen LogP contribution in [0.15, 0.2) is 12.2 Å². The minimum absolute atomic E-state index is 0.249. The van der Waals surface area contributed by atoms with E-state index in [4.69, 9.17) is 4.74 Å². The lowest BCUT2D eigenvalue weighted by Gasteiger charge is -2.26. The lowest BCUT2D eigenvalue weighted by atomic mass is 9.87. The molecule has 0 radical (unpaired) electrons. The Balaban J connectivity index is 2.08. The van der Waals surface area contributed by atoms with Gasteiger partial charge in [0.25, 0.3) is 0 Å². The molecule has 0 aromatic rings. The van der Waals surface area contributed by atoms with Crippen LogP contribution in [0, 0.1) is 5.92 Å². The summed E-state index contributed by atoms with van der Waals surface area (Å²) in [4.78, 5) is 11.0. The monoisotopic (exact) mass is 225 g/mol. The van der Waals surface area contributed by atoms with Gasteiger partial charge in [0.2, 0.25) is 0 Å². The van der Waals surface area contributed by atoms with Crippen molar-refractivity contribution < 1.29 is 9.53 Å². The fourth-order valence-electron chi connectivity index (χ4n) is 2.04. The van der Waals surface area contributed by atoms with Gasteiger partial charge in [-0.1, -0.05) is 13.0 Å². The molecule has 0 heterocycles. The maximum absolute atomic E-state index is 11.0. The minimum Gasteiger partial charge on any atom is -0.463 e. The summed E-state index contributed by atoms with van der Waals surface area (Å²) in [5.41, 5.74) is 0. The number of rotatable bonds is 5. The molecule has 0 amide bonds. The largest absolute Gasteiger partial charge is 0.463 e. The highest BCUT2D eigenvalue weighted by Crippen LogP contribution is 2.23. The number of hydrogen-bond acceptors (Lipinski definition) is 3. The van der Waals surface area contributed by atoms with E-state index >= 15 is 0 Å². The smallest absolute Gasteiger partial charge is 0.330 e. The summed E-state index contributed by atoms with van der Waals surface area (Å²) in [6.07, 6.45) is 8.50. The number of ether oxygens (including phenoxy) is 1. The topological polar surface area (TPSA) is 38.3 Å². The van der Waals surface area contributed by atoms with Gasteiger partial charge in [-0.3, -0.25) is 0 Å².